The van der Waals surface area contributed by atoms with Crippen LogP contribution in [0.1, 0.15) is 38.3 Å². The summed E-state index contributed by atoms with van der Waals surface area (Å²) in [5.74, 6) is 0.0669. The van der Waals surface area contributed by atoms with Gasteiger partial charge in [-0.3, -0.25) is 9.59 Å². The molecule has 0 N–H and O–H groups in total. The molecule has 0 aliphatic carbocycles. The number of anilines is 1. The number of carbonyl (C=O) groups excluding carboxylic acids is 2. The normalized spacial score (nSPS) is 10.3. The predicted octanol–water partition coefficient (Wildman–Crippen LogP) is 2.91. The van der Waals surface area contributed by atoms with E-state index < -0.39 is 0 Å². The van der Waals surface area contributed by atoms with Crippen molar-refractivity contribution in [1.82, 2.24) is 4.90 Å². The molecule has 0 heterocycles. The Morgan fingerprint density at radius 1 is 1.05 bits per heavy atom. The van der Waals surface area contributed by atoms with Crippen molar-refractivity contribution in [3.8, 4) is 0 Å². The summed E-state index contributed by atoms with van der Waals surface area (Å²) in [4.78, 5) is 27.6. The first kappa shape index (κ1) is 17.2. The van der Waals surface area contributed by atoms with Gasteiger partial charge in [-0.1, -0.05) is 18.2 Å². The standard InChI is InChI=1S/C17H26N2O2/c1-6-18(7-2)16(21)11-12-19(15(5)20)17-13(3)9-8-10-14(17)4/h8-10H,6-7,11-12H2,1-5H3. The first-order chi connectivity index (χ1) is 9.92. The highest BCUT2D eigenvalue weighted by molar-refractivity contribution is 5.94. The first-order valence-corrected chi connectivity index (χ1v) is 7.54. The Kier molecular flexibility index (Phi) is 6.40. The third kappa shape index (κ3) is 4.31. The minimum atomic E-state index is -0.0280. The highest BCUT2D eigenvalue weighted by Crippen LogP contribution is 2.25. The van der Waals surface area contributed by atoms with Crippen LogP contribution < -0.4 is 4.90 Å². The summed E-state index contributed by atoms with van der Waals surface area (Å²) in [6.45, 7) is 11.3. The van der Waals surface area contributed by atoms with Gasteiger partial charge >= 0.3 is 0 Å². The number of hydrogen-bond acceptors (Lipinski definition) is 2. The average molecular weight is 290 g/mol. The number of para-hydroxylation sites is 1. The number of amides is 2. The minimum Gasteiger partial charge on any atom is -0.343 e. The van der Waals surface area contributed by atoms with Crippen LogP contribution in [0.4, 0.5) is 5.69 Å². The van der Waals surface area contributed by atoms with Crippen LogP contribution in [0.15, 0.2) is 18.2 Å². The fourth-order valence-corrected chi connectivity index (χ4v) is 2.60. The Morgan fingerprint density at radius 2 is 1.57 bits per heavy atom. The maximum Gasteiger partial charge on any atom is 0.224 e. The molecule has 0 saturated heterocycles. The number of carbonyl (C=O) groups is 2. The summed E-state index contributed by atoms with van der Waals surface area (Å²) in [7, 11) is 0. The summed E-state index contributed by atoms with van der Waals surface area (Å²) in [6.07, 6.45) is 0.356. The van der Waals surface area contributed by atoms with Gasteiger partial charge in [0.05, 0.1) is 0 Å². The molecule has 0 bridgehead atoms. The summed E-state index contributed by atoms with van der Waals surface area (Å²) in [5.41, 5.74) is 3.04. The molecular weight excluding hydrogens is 264 g/mol. The number of nitrogens with zero attached hydrogens (tertiary/aromatic N) is 2. The zero-order valence-corrected chi connectivity index (χ0v) is 13.8. The summed E-state index contributed by atoms with van der Waals surface area (Å²) >= 11 is 0. The van der Waals surface area contributed by atoms with Crippen LogP contribution in [0.2, 0.25) is 0 Å². The summed E-state index contributed by atoms with van der Waals surface area (Å²) < 4.78 is 0. The predicted molar refractivity (Wildman–Crippen MR) is 86.5 cm³/mol. The SMILES string of the molecule is CCN(CC)C(=O)CCN(C(C)=O)c1c(C)cccc1C. The molecule has 0 aromatic heterocycles. The number of aryl methyl sites for hydroxylation is 2. The molecule has 4 heteroatoms. The number of rotatable bonds is 6. The molecule has 1 aromatic carbocycles. The van der Waals surface area contributed by atoms with Crippen molar-refractivity contribution in [2.24, 2.45) is 0 Å². The molecule has 2 amide bonds. The molecule has 21 heavy (non-hydrogen) atoms. The quantitative estimate of drug-likeness (QED) is 0.808. The van der Waals surface area contributed by atoms with Crippen LogP contribution >= 0.6 is 0 Å². The Labute approximate surface area is 127 Å². The molecule has 0 spiro atoms. The van der Waals surface area contributed by atoms with Gasteiger partial charge in [0.2, 0.25) is 11.8 Å². The van der Waals surface area contributed by atoms with E-state index in [1.54, 1.807) is 16.7 Å². The number of benzene rings is 1. The van der Waals surface area contributed by atoms with Gasteiger partial charge < -0.3 is 9.80 Å². The van der Waals surface area contributed by atoms with E-state index in [1.165, 1.54) is 0 Å². The van der Waals surface area contributed by atoms with Crippen LogP contribution in [0.25, 0.3) is 0 Å². The van der Waals surface area contributed by atoms with Gasteiger partial charge in [0.15, 0.2) is 0 Å². The van der Waals surface area contributed by atoms with Gasteiger partial charge in [0.25, 0.3) is 0 Å². The van der Waals surface area contributed by atoms with E-state index in [1.807, 2.05) is 45.9 Å². The Bertz CT molecular complexity index is 487. The van der Waals surface area contributed by atoms with E-state index in [4.69, 9.17) is 0 Å². The van der Waals surface area contributed by atoms with Gasteiger partial charge in [-0.25, -0.2) is 0 Å². The second-order valence-corrected chi connectivity index (χ2v) is 5.23. The Morgan fingerprint density at radius 3 is 2.00 bits per heavy atom. The van der Waals surface area contributed by atoms with Crippen molar-refractivity contribution in [3.63, 3.8) is 0 Å². The minimum absolute atomic E-state index is 0.0280. The molecule has 0 atom stereocenters. The maximum absolute atomic E-state index is 12.1. The summed E-state index contributed by atoms with van der Waals surface area (Å²) in [6, 6.07) is 5.96. The zero-order valence-electron chi connectivity index (χ0n) is 13.8. The lowest BCUT2D eigenvalue weighted by Gasteiger charge is -2.26. The Balaban J connectivity index is 2.90. The topological polar surface area (TPSA) is 40.6 Å². The molecule has 1 aromatic rings. The van der Waals surface area contributed by atoms with Crippen molar-refractivity contribution in [3.05, 3.63) is 29.3 Å². The van der Waals surface area contributed by atoms with Gasteiger partial charge in [0, 0.05) is 38.7 Å². The molecule has 0 radical (unpaired) electrons. The van der Waals surface area contributed by atoms with Crippen LogP contribution in [-0.2, 0) is 9.59 Å². The fraction of sp³-hybridized carbons (Fsp3) is 0.529. The van der Waals surface area contributed by atoms with E-state index >= 15 is 0 Å². The molecule has 116 valence electrons. The van der Waals surface area contributed by atoms with E-state index in [-0.39, 0.29) is 11.8 Å². The molecule has 0 aliphatic rings. The van der Waals surface area contributed by atoms with Crippen LogP contribution in [-0.4, -0.2) is 36.3 Å². The third-order valence-corrected chi connectivity index (χ3v) is 3.75. The van der Waals surface area contributed by atoms with Crippen molar-refractivity contribution in [2.45, 2.75) is 41.0 Å². The van der Waals surface area contributed by atoms with Crippen molar-refractivity contribution >= 4 is 17.5 Å². The number of hydrogen-bond donors (Lipinski definition) is 0. The third-order valence-electron chi connectivity index (χ3n) is 3.75. The molecule has 0 saturated carbocycles. The maximum atomic E-state index is 12.1. The smallest absolute Gasteiger partial charge is 0.224 e. The molecule has 0 aliphatic heterocycles. The van der Waals surface area contributed by atoms with Gasteiger partial charge in [-0.05, 0) is 38.8 Å². The highest BCUT2D eigenvalue weighted by atomic mass is 16.2. The molecule has 1 rings (SSSR count). The van der Waals surface area contributed by atoms with Crippen LogP contribution in [0.5, 0.6) is 0 Å². The first-order valence-electron chi connectivity index (χ1n) is 7.54. The molecule has 0 unspecified atom stereocenters. The van der Waals surface area contributed by atoms with Gasteiger partial charge in [-0.15, -0.1) is 0 Å². The lowest BCUT2D eigenvalue weighted by atomic mass is 10.1. The lowest BCUT2D eigenvalue weighted by molar-refractivity contribution is -0.130. The fourth-order valence-electron chi connectivity index (χ4n) is 2.60. The van der Waals surface area contributed by atoms with Crippen LogP contribution in [0.3, 0.4) is 0 Å². The van der Waals surface area contributed by atoms with E-state index in [0.717, 1.165) is 16.8 Å². The van der Waals surface area contributed by atoms with Crippen molar-refractivity contribution in [2.75, 3.05) is 24.5 Å². The second-order valence-electron chi connectivity index (χ2n) is 5.23. The van der Waals surface area contributed by atoms with Gasteiger partial charge in [-0.2, -0.15) is 0 Å². The molecule has 4 nitrogen and oxygen atoms in total. The second kappa shape index (κ2) is 7.81. The van der Waals surface area contributed by atoms with Crippen molar-refractivity contribution in [1.29, 1.82) is 0 Å². The Hall–Kier alpha value is -1.84. The highest BCUT2D eigenvalue weighted by Gasteiger charge is 2.18. The van der Waals surface area contributed by atoms with E-state index in [9.17, 15) is 9.59 Å². The van der Waals surface area contributed by atoms with Crippen molar-refractivity contribution < 1.29 is 9.59 Å². The molecular formula is C17H26N2O2. The molecule has 0 fully saturated rings. The summed E-state index contributed by atoms with van der Waals surface area (Å²) in [5, 5.41) is 0. The zero-order chi connectivity index (χ0) is 16.0. The lowest BCUT2D eigenvalue weighted by Crippen LogP contribution is -2.36. The van der Waals surface area contributed by atoms with Gasteiger partial charge in [0.1, 0.15) is 0 Å². The van der Waals surface area contributed by atoms with E-state index in [2.05, 4.69) is 0 Å². The monoisotopic (exact) mass is 290 g/mol. The largest absolute Gasteiger partial charge is 0.343 e. The van der Waals surface area contributed by atoms with Crippen LogP contribution in [0, 0.1) is 13.8 Å². The van der Waals surface area contributed by atoms with E-state index in [0.29, 0.717) is 26.1 Å². The average Bonchev–Trinajstić information content (AvgIpc) is 2.42.